The van der Waals surface area contributed by atoms with E-state index in [2.05, 4.69) is 13.8 Å². The Morgan fingerprint density at radius 3 is 2.30 bits per heavy atom. The zero-order valence-electron chi connectivity index (χ0n) is 16.5. The molecule has 0 spiro atoms. The molecule has 5 nitrogen and oxygen atoms in total. The molecule has 0 aromatic rings. The van der Waals surface area contributed by atoms with Crippen LogP contribution in [0.1, 0.15) is 34.1 Å². The molecule has 1 heterocycles. The van der Waals surface area contributed by atoms with Gasteiger partial charge in [0, 0.05) is 33.2 Å². The lowest BCUT2D eigenvalue weighted by Gasteiger charge is -2.51. The van der Waals surface area contributed by atoms with Crippen molar-refractivity contribution in [2.45, 2.75) is 66.9 Å². The zero-order valence-corrected chi connectivity index (χ0v) is 18.7. The molecule has 0 aromatic heterocycles. The summed E-state index contributed by atoms with van der Waals surface area (Å²) in [5.41, 5.74) is -1.07. The van der Waals surface area contributed by atoms with Gasteiger partial charge < -0.3 is 18.9 Å². The second-order valence-corrected chi connectivity index (χ2v) is 10.3. The predicted octanol–water partition coefficient (Wildman–Crippen LogP) is 3.56. The van der Waals surface area contributed by atoms with Crippen molar-refractivity contribution >= 4 is 40.6 Å². The second kappa shape index (κ2) is 5.75. The van der Waals surface area contributed by atoms with Crippen molar-refractivity contribution in [3.63, 3.8) is 0 Å². The van der Waals surface area contributed by atoms with Crippen LogP contribution in [-0.2, 0) is 23.7 Å². The first-order valence-electron chi connectivity index (χ1n) is 9.49. The fourth-order valence-corrected chi connectivity index (χ4v) is 8.99. The molecule has 3 aliphatic carbocycles. The molecular formula is C19H27Cl3O5. The number of halogens is 3. The van der Waals surface area contributed by atoms with Crippen molar-refractivity contribution < 1.29 is 23.7 Å². The van der Waals surface area contributed by atoms with Gasteiger partial charge in [0.25, 0.3) is 0 Å². The molecule has 4 fully saturated rings. The van der Waals surface area contributed by atoms with Gasteiger partial charge in [-0.15, -0.1) is 34.8 Å². The van der Waals surface area contributed by atoms with Crippen molar-refractivity contribution in [1.82, 2.24) is 0 Å². The third-order valence-electron chi connectivity index (χ3n) is 7.81. The van der Waals surface area contributed by atoms with E-state index < -0.39 is 38.0 Å². The summed E-state index contributed by atoms with van der Waals surface area (Å²) in [4.78, 5) is 10.7. The molecule has 0 amide bonds. The summed E-state index contributed by atoms with van der Waals surface area (Å²) in [6.07, 6.45) is 0.0253. The Hall–Kier alpha value is 0.380. The standard InChI is InChI=1S/C19H27Cl3O5/c1-7-26-18-14(20)17(22)15(4)11(23)8-10(9(2)3)12(27-18)13(15)16(18,21)19(17,24-5)25-6/h9-10,12-14H,7-8H2,1-6H3/t10-,12+,13+,14+,15-,16+,17+,18-/m0/s1. The molecule has 8 heteroatoms. The van der Waals surface area contributed by atoms with E-state index in [9.17, 15) is 4.79 Å². The number of ether oxygens (including phenoxy) is 4. The molecule has 3 saturated carbocycles. The summed E-state index contributed by atoms with van der Waals surface area (Å²) in [5.74, 6) is -3.16. The average molecular weight is 442 g/mol. The van der Waals surface area contributed by atoms with Crippen LogP contribution in [0.25, 0.3) is 0 Å². The summed E-state index contributed by atoms with van der Waals surface area (Å²) >= 11 is 21.7. The Labute approximate surface area is 175 Å². The van der Waals surface area contributed by atoms with Crippen LogP contribution in [0.3, 0.4) is 0 Å². The van der Waals surface area contributed by atoms with Crippen molar-refractivity contribution in [3.05, 3.63) is 0 Å². The number of alkyl halides is 3. The molecule has 8 atom stereocenters. The van der Waals surface area contributed by atoms with Crippen molar-refractivity contribution in [2.75, 3.05) is 20.8 Å². The maximum absolute atomic E-state index is 13.5. The number of hydrogen-bond acceptors (Lipinski definition) is 5. The molecule has 4 aliphatic rings. The maximum Gasteiger partial charge on any atom is 0.215 e. The Morgan fingerprint density at radius 1 is 1.22 bits per heavy atom. The van der Waals surface area contributed by atoms with Gasteiger partial charge in [0.05, 0.1) is 11.5 Å². The number of fused-ring (bicyclic) bond motifs is 2. The number of ketones is 1. The van der Waals surface area contributed by atoms with E-state index >= 15 is 0 Å². The summed E-state index contributed by atoms with van der Waals surface area (Å²) in [6, 6.07) is 0. The number of Topliss-reactive ketones (excluding diaryl/α,β-unsaturated/α-hetero) is 1. The Morgan fingerprint density at radius 2 is 1.81 bits per heavy atom. The number of rotatable bonds is 5. The maximum atomic E-state index is 13.5. The van der Waals surface area contributed by atoms with Crippen molar-refractivity contribution in [2.24, 2.45) is 23.2 Å². The summed E-state index contributed by atoms with van der Waals surface area (Å²) in [7, 11) is 2.96. The zero-order chi connectivity index (χ0) is 20.2. The van der Waals surface area contributed by atoms with Crippen LogP contribution in [0.5, 0.6) is 0 Å². The van der Waals surface area contributed by atoms with Gasteiger partial charge in [-0.3, -0.25) is 4.79 Å². The monoisotopic (exact) mass is 440 g/mol. The first kappa shape index (κ1) is 20.6. The molecule has 0 unspecified atom stereocenters. The smallest absolute Gasteiger partial charge is 0.215 e. The molecule has 4 rings (SSSR count). The van der Waals surface area contributed by atoms with Gasteiger partial charge in [0.15, 0.2) is 4.87 Å². The number of carbonyl (C=O) groups excluding carboxylic acids is 1. The van der Waals surface area contributed by atoms with E-state index in [4.69, 9.17) is 53.8 Å². The van der Waals surface area contributed by atoms with Crippen LogP contribution in [0, 0.1) is 23.2 Å². The van der Waals surface area contributed by atoms with E-state index in [-0.39, 0.29) is 23.7 Å². The van der Waals surface area contributed by atoms with Crippen LogP contribution in [0.15, 0.2) is 0 Å². The molecule has 27 heavy (non-hydrogen) atoms. The fraction of sp³-hybridized carbons (Fsp3) is 0.947. The molecule has 1 saturated heterocycles. The van der Waals surface area contributed by atoms with Gasteiger partial charge in [-0.25, -0.2) is 0 Å². The van der Waals surface area contributed by atoms with Gasteiger partial charge in [-0.05, 0) is 18.8 Å². The minimum atomic E-state index is -1.54. The van der Waals surface area contributed by atoms with Crippen LogP contribution in [0.2, 0.25) is 0 Å². The predicted molar refractivity (Wildman–Crippen MR) is 102 cm³/mol. The average Bonchev–Trinajstić information content (AvgIpc) is 2.99. The molecule has 0 radical (unpaired) electrons. The molecule has 154 valence electrons. The third-order valence-corrected chi connectivity index (χ3v) is 10.1. The lowest BCUT2D eigenvalue weighted by molar-refractivity contribution is -0.271. The molecule has 1 aliphatic heterocycles. The fourth-order valence-electron chi connectivity index (χ4n) is 6.70. The first-order chi connectivity index (χ1) is 12.5. The van der Waals surface area contributed by atoms with Crippen LogP contribution in [0.4, 0.5) is 0 Å². The summed E-state index contributed by atoms with van der Waals surface area (Å²) in [5, 5.41) is -0.940. The molecule has 0 aromatic carbocycles. The molecule has 0 N–H and O–H groups in total. The topological polar surface area (TPSA) is 54.0 Å². The Balaban J connectivity index is 2.07. The highest BCUT2D eigenvalue weighted by Gasteiger charge is 3.02. The van der Waals surface area contributed by atoms with Crippen molar-refractivity contribution in [1.29, 1.82) is 0 Å². The lowest BCUT2D eigenvalue weighted by atomic mass is 9.55. The Kier molecular flexibility index (Phi) is 4.39. The summed E-state index contributed by atoms with van der Waals surface area (Å²) < 4.78 is 24.5. The van der Waals surface area contributed by atoms with Crippen LogP contribution < -0.4 is 0 Å². The Bertz CT molecular complexity index is 684. The van der Waals surface area contributed by atoms with Gasteiger partial charge in [0.1, 0.15) is 16.0 Å². The number of methoxy groups -OCH3 is 2. The SMILES string of the molecule is CCO[C@]12O[C@H]3[C@@H]4[C@](C)(C(=O)C[C@H]3C(C)C)[C@](Cl)([C@H]1Cl)C(OC)(OC)[C@@]42Cl. The summed E-state index contributed by atoms with van der Waals surface area (Å²) in [6.45, 7) is 8.18. The van der Waals surface area contributed by atoms with Gasteiger partial charge >= 0.3 is 0 Å². The van der Waals surface area contributed by atoms with Crippen LogP contribution in [-0.4, -0.2) is 59.4 Å². The highest BCUT2D eigenvalue weighted by molar-refractivity contribution is 6.41. The number of carbonyl (C=O) groups is 1. The minimum Gasteiger partial charge on any atom is -0.350 e. The van der Waals surface area contributed by atoms with E-state index in [0.29, 0.717) is 13.0 Å². The van der Waals surface area contributed by atoms with Crippen molar-refractivity contribution in [3.8, 4) is 0 Å². The van der Waals surface area contributed by atoms with E-state index in [0.717, 1.165) is 0 Å². The number of hydrogen-bond donors (Lipinski definition) is 0. The molecular weight excluding hydrogens is 415 g/mol. The van der Waals surface area contributed by atoms with Gasteiger partial charge in [0.2, 0.25) is 11.6 Å². The highest BCUT2D eigenvalue weighted by atomic mass is 35.5. The first-order valence-corrected chi connectivity index (χ1v) is 10.7. The second-order valence-electron chi connectivity index (χ2n) is 8.71. The van der Waals surface area contributed by atoms with E-state index in [1.807, 2.05) is 13.8 Å². The van der Waals surface area contributed by atoms with E-state index in [1.165, 1.54) is 14.2 Å². The van der Waals surface area contributed by atoms with Crippen LogP contribution >= 0.6 is 34.8 Å². The van der Waals surface area contributed by atoms with Gasteiger partial charge in [-0.2, -0.15) is 0 Å². The third kappa shape index (κ3) is 1.65. The van der Waals surface area contributed by atoms with Gasteiger partial charge in [-0.1, -0.05) is 20.8 Å². The lowest BCUT2D eigenvalue weighted by Crippen LogP contribution is -2.66. The quantitative estimate of drug-likeness (QED) is 0.482. The largest absolute Gasteiger partial charge is 0.350 e. The van der Waals surface area contributed by atoms with E-state index in [1.54, 1.807) is 0 Å². The molecule has 2 bridgehead atoms. The normalized spacial score (nSPS) is 55.0. The highest BCUT2D eigenvalue weighted by Crippen LogP contribution is 2.85. The minimum absolute atomic E-state index is 0.0107.